The minimum Gasteiger partial charge on any atom is -0.306 e. The Morgan fingerprint density at radius 3 is 3.08 bits per heavy atom. The molecule has 1 aromatic heterocycles. The first kappa shape index (κ1) is 16.9. The molecule has 2 N–H and O–H groups in total. The maximum atomic E-state index is 11.6. The molecule has 3 aliphatic rings. The van der Waals surface area contributed by atoms with Gasteiger partial charge in [0.1, 0.15) is 0 Å². The molecule has 3 heterocycles. The second-order valence-corrected chi connectivity index (χ2v) is 8.23. The Labute approximate surface area is 149 Å². The third-order valence-electron chi connectivity index (χ3n) is 6.49. The molecular formula is C19H28N4O2. The van der Waals surface area contributed by atoms with E-state index in [0.29, 0.717) is 17.0 Å². The lowest BCUT2D eigenvalue weighted by molar-refractivity contribution is 0.0705. The summed E-state index contributed by atoms with van der Waals surface area (Å²) in [5.74, 6) is -0.489. The zero-order valence-electron chi connectivity index (χ0n) is 15.0. The number of rotatable bonds is 2. The van der Waals surface area contributed by atoms with Gasteiger partial charge in [-0.25, -0.2) is 5.48 Å². The van der Waals surface area contributed by atoms with Gasteiger partial charge in [-0.05, 0) is 69.2 Å². The van der Waals surface area contributed by atoms with Crippen LogP contribution < -0.4 is 5.48 Å². The fourth-order valence-electron chi connectivity index (χ4n) is 5.25. The number of hydrogen-bond acceptors (Lipinski definition) is 5. The Bertz CT molecular complexity index is 665. The number of piperidine rings is 1. The van der Waals surface area contributed by atoms with Crippen LogP contribution in [0.3, 0.4) is 0 Å². The van der Waals surface area contributed by atoms with Gasteiger partial charge in [0.2, 0.25) is 0 Å². The average molecular weight is 344 g/mol. The minimum atomic E-state index is -0.489. The number of fused-ring (bicyclic) bond motifs is 1. The molecule has 1 saturated carbocycles. The Kier molecular flexibility index (Phi) is 4.52. The Morgan fingerprint density at radius 2 is 2.28 bits per heavy atom. The van der Waals surface area contributed by atoms with Crippen molar-refractivity contribution in [3.63, 3.8) is 0 Å². The first-order chi connectivity index (χ1) is 12.1. The number of pyridine rings is 1. The van der Waals surface area contributed by atoms with Gasteiger partial charge in [0.25, 0.3) is 5.91 Å². The third-order valence-corrected chi connectivity index (χ3v) is 6.49. The predicted octanol–water partition coefficient (Wildman–Crippen LogP) is 1.82. The molecule has 1 spiro atoms. The highest BCUT2D eigenvalue weighted by Crippen LogP contribution is 2.46. The van der Waals surface area contributed by atoms with Crippen molar-refractivity contribution in [1.29, 1.82) is 0 Å². The number of amides is 1. The van der Waals surface area contributed by atoms with Crippen LogP contribution in [0.2, 0.25) is 0 Å². The summed E-state index contributed by atoms with van der Waals surface area (Å²) in [6, 6.07) is 2.54. The highest BCUT2D eigenvalue weighted by Gasteiger charge is 2.43. The molecule has 25 heavy (non-hydrogen) atoms. The second kappa shape index (κ2) is 6.67. The van der Waals surface area contributed by atoms with Crippen molar-refractivity contribution in [2.75, 3.05) is 26.7 Å². The minimum absolute atomic E-state index is 0.430. The molecule has 0 unspecified atom stereocenters. The number of hydroxylamine groups is 1. The van der Waals surface area contributed by atoms with Crippen LogP contribution in [0.5, 0.6) is 0 Å². The lowest BCUT2D eigenvalue weighted by atomic mass is 9.78. The van der Waals surface area contributed by atoms with Crippen LogP contribution in [0.1, 0.15) is 53.7 Å². The van der Waals surface area contributed by atoms with E-state index in [1.807, 2.05) is 6.07 Å². The van der Waals surface area contributed by atoms with Crippen molar-refractivity contribution in [3.8, 4) is 0 Å². The summed E-state index contributed by atoms with van der Waals surface area (Å²) < 4.78 is 0. The maximum absolute atomic E-state index is 11.6. The molecule has 2 fully saturated rings. The maximum Gasteiger partial charge on any atom is 0.276 e. The molecule has 1 aromatic rings. The van der Waals surface area contributed by atoms with E-state index in [2.05, 4.69) is 21.8 Å². The molecule has 0 aromatic carbocycles. The first-order valence-corrected chi connectivity index (χ1v) is 9.43. The third kappa shape index (κ3) is 3.30. The molecule has 1 aliphatic carbocycles. The lowest BCUT2D eigenvalue weighted by Crippen LogP contribution is -2.42. The zero-order valence-corrected chi connectivity index (χ0v) is 15.0. The van der Waals surface area contributed by atoms with Gasteiger partial charge in [-0.3, -0.25) is 19.9 Å². The van der Waals surface area contributed by atoms with E-state index >= 15 is 0 Å². The van der Waals surface area contributed by atoms with E-state index in [1.165, 1.54) is 45.2 Å². The quantitative estimate of drug-likeness (QED) is 0.633. The van der Waals surface area contributed by atoms with E-state index < -0.39 is 5.91 Å². The summed E-state index contributed by atoms with van der Waals surface area (Å²) in [6.07, 6.45) is 9.19. The van der Waals surface area contributed by atoms with Gasteiger partial charge in [-0.2, -0.15) is 0 Å². The largest absolute Gasteiger partial charge is 0.306 e. The van der Waals surface area contributed by atoms with Crippen LogP contribution in [0.25, 0.3) is 0 Å². The van der Waals surface area contributed by atoms with Crippen LogP contribution in [0, 0.1) is 5.41 Å². The highest BCUT2D eigenvalue weighted by atomic mass is 16.5. The number of aromatic nitrogens is 1. The fourth-order valence-corrected chi connectivity index (χ4v) is 5.25. The molecule has 0 radical (unpaired) electrons. The zero-order chi connectivity index (χ0) is 17.4. The summed E-state index contributed by atoms with van der Waals surface area (Å²) in [5, 5.41) is 8.78. The number of carbonyl (C=O) groups excluding carboxylic acids is 1. The van der Waals surface area contributed by atoms with Crippen molar-refractivity contribution in [1.82, 2.24) is 20.3 Å². The number of likely N-dealkylation sites (tertiary alicyclic amines) is 1. The molecule has 2 atom stereocenters. The van der Waals surface area contributed by atoms with Gasteiger partial charge in [0.05, 0.1) is 11.3 Å². The summed E-state index contributed by atoms with van der Waals surface area (Å²) in [6.45, 7) is 4.42. The molecule has 2 aliphatic heterocycles. The molecule has 1 saturated heterocycles. The van der Waals surface area contributed by atoms with Gasteiger partial charge < -0.3 is 4.90 Å². The van der Waals surface area contributed by atoms with E-state index in [-0.39, 0.29) is 0 Å². The Morgan fingerprint density at radius 1 is 1.40 bits per heavy atom. The van der Waals surface area contributed by atoms with E-state index in [1.54, 1.807) is 11.7 Å². The summed E-state index contributed by atoms with van der Waals surface area (Å²) >= 11 is 0. The van der Waals surface area contributed by atoms with Gasteiger partial charge in [-0.15, -0.1) is 0 Å². The number of hydrogen-bond donors (Lipinski definition) is 2. The van der Waals surface area contributed by atoms with Crippen LogP contribution in [-0.4, -0.2) is 58.6 Å². The van der Waals surface area contributed by atoms with E-state index in [4.69, 9.17) is 5.21 Å². The normalized spacial score (nSPS) is 30.4. The monoisotopic (exact) mass is 344 g/mol. The fraction of sp³-hybridized carbons (Fsp3) is 0.684. The number of nitrogens with zero attached hydrogens (tertiary/aromatic N) is 3. The van der Waals surface area contributed by atoms with E-state index in [9.17, 15) is 4.79 Å². The molecule has 1 amide bonds. The standard InChI is InChI=1S/C19H28N4O2/c1-22-7-2-5-19(13-22)6-3-16(10-19)23-8-4-14-9-15(18(24)21-25)11-20-17(14)12-23/h9,11,16,25H,2-8,10,12-13H2,1H3,(H,21,24)/t16-,19+/m1/s1. The highest BCUT2D eigenvalue weighted by molar-refractivity contribution is 5.93. The summed E-state index contributed by atoms with van der Waals surface area (Å²) in [7, 11) is 2.26. The number of nitrogens with one attached hydrogen (secondary N) is 1. The van der Waals surface area contributed by atoms with Crippen molar-refractivity contribution >= 4 is 5.91 Å². The summed E-state index contributed by atoms with van der Waals surface area (Å²) in [5.41, 5.74) is 4.88. The molecule has 6 heteroatoms. The molecule has 0 bridgehead atoms. The van der Waals surface area contributed by atoms with Crippen molar-refractivity contribution in [2.45, 2.75) is 51.1 Å². The van der Waals surface area contributed by atoms with Gasteiger partial charge in [-0.1, -0.05) is 0 Å². The first-order valence-electron chi connectivity index (χ1n) is 9.43. The topological polar surface area (TPSA) is 68.7 Å². The van der Waals surface area contributed by atoms with Crippen LogP contribution in [0.4, 0.5) is 0 Å². The van der Waals surface area contributed by atoms with Crippen LogP contribution >= 0.6 is 0 Å². The molecule has 136 valence electrons. The van der Waals surface area contributed by atoms with Crippen molar-refractivity contribution < 1.29 is 10.0 Å². The molecule has 6 nitrogen and oxygen atoms in total. The van der Waals surface area contributed by atoms with Crippen molar-refractivity contribution in [3.05, 3.63) is 29.1 Å². The molecule has 4 rings (SSSR count). The predicted molar refractivity (Wildman–Crippen MR) is 94.4 cm³/mol. The average Bonchev–Trinajstić information content (AvgIpc) is 3.03. The molecular weight excluding hydrogens is 316 g/mol. The SMILES string of the molecule is CN1CCC[C@@]2(CC[C@@H](N3CCc4cc(C(=O)NO)cnc4C3)C2)C1. The van der Waals surface area contributed by atoms with Crippen LogP contribution in [-0.2, 0) is 13.0 Å². The Balaban J connectivity index is 1.44. The van der Waals surface area contributed by atoms with Crippen molar-refractivity contribution in [2.24, 2.45) is 5.41 Å². The van der Waals surface area contributed by atoms with Gasteiger partial charge >= 0.3 is 0 Å². The van der Waals surface area contributed by atoms with E-state index in [0.717, 1.165) is 30.8 Å². The smallest absolute Gasteiger partial charge is 0.276 e. The summed E-state index contributed by atoms with van der Waals surface area (Å²) in [4.78, 5) is 21.2. The van der Waals surface area contributed by atoms with Gasteiger partial charge in [0.15, 0.2) is 0 Å². The van der Waals surface area contributed by atoms with Gasteiger partial charge in [0, 0.05) is 31.9 Å². The Hall–Kier alpha value is -1.50. The number of carbonyl (C=O) groups is 1. The second-order valence-electron chi connectivity index (χ2n) is 8.23. The van der Waals surface area contributed by atoms with Crippen LogP contribution in [0.15, 0.2) is 12.3 Å². The lowest BCUT2D eigenvalue weighted by Gasteiger charge is -2.40.